The lowest BCUT2D eigenvalue weighted by Gasteiger charge is -2.41. The summed E-state index contributed by atoms with van der Waals surface area (Å²) in [6.45, 7) is 5.05. The third-order valence-electron chi connectivity index (χ3n) is 6.97. The fraction of sp³-hybridized carbons (Fsp3) is 0.346. The molecule has 200 valence electrons. The van der Waals surface area contributed by atoms with Crippen molar-refractivity contribution in [2.24, 2.45) is 0 Å². The average Bonchev–Trinajstić information content (AvgIpc) is 2.91. The van der Waals surface area contributed by atoms with Crippen molar-refractivity contribution in [3.05, 3.63) is 71.4 Å². The maximum atomic E-state index is 13.7. The minimum atomic E-state index is -3.85. The highest BCUT2D eigenvalue weighted by Gasteiger charge is 2.31. The Bertz CT molecular complexity index is 1430. The minimum Gasteiger partial charge on any atom is -0.368 e. The molecule has 2 aromatic carbocycles. The van der Waals surface area contributed by atoms with E-state index < -0.39 is 10.0 Å². The molecule has 0 spiro atoms. The lowest BCUT2D eigenvalue weighted by atomic mass is 9.99. The number of hydrogen-bond donors (Lipinski definition) is 1. The Morgan fingerprint density at radius 2 is 1.79 bits per heavy atom. The van der Waals surface area contributed by atoms with Gasteiger partial charge in [-0.05, 0) is 67.8 Å². The fourth-order valence-corrected chi connectivity index (χ4v) is 6.14. The van der Waals surface area contributed by atoms with Crippen molar-refractivity contribution in [1.29, 1.82) is 0 Å². The molecule has 1 atom stereocenters. The highest BCUT2D eigenvalue weighted by molar-refractivity contribution is 7.92. The zero-order valence-corrected chi connectivity index (χ0v) is 22.4. The molecular formula is C26H28ClFN6O3S. The Morgan fingerprint density at radius 3 is 2.50 bits per heavy atom. The van der Waals surface area contributed by atoms with Crippen LogP contribution < -0.4 is 14.5 Å². The first kappa shape index (κ1) is 26.2. The normalized spacial score (nSPS) is 16.7. The summed E-state index contributed by atoms with van der Waals surface area (Å²) in [5.41, 5.74) is 2.75. The van der Waals surface area contributed by atoms with Crippen molar-refractivity contribution < 1.29 is 17.6 Å². The summed E-state index contributed by atoms with van der Waals surface area (Å²) in [7, 11) is -3.85. The summed E-state index contributed by atoms with van der Waals surface area (Å²) in [4.78, 5) is 27.2. The maximum absolute atomic E-state index is 13.7. The second-order valence-corrected chi connectivity index (χ2v) is 11.5. The van der Waals surface area contributed by atoms with Gasteiger partial charge in [0.05, 0.1) is 17.3 Å². The van der Waals surface area contributed by atoms with Gasteiger partial charge in [-0.25, -0.2) is 17.8 Å². The smallest absolute Gasteiger partial charge is 0.263 e. The number of amides is 1. The first-order valence-electron chi connectivity index (χ1n) is 12.4. The molecule has 1 N–H and O–H groups in total. The van der Waals surface area contributed by atoms with Crippen LogP contribution in [0.15, 0.2) is 59.8 Å². The fourth-order valence-electron chi connectivity index (χ4n) is 5.00. The van der Waals surface area contributed by atoms with E-state index in [9.17, 15) is 17.6 Å². The molecule has 38 heavy (non-hydrogen) atoms. The van der Waals surface area contributed by atoms with E-state index in [1.165, 1.54) is 30.6 Å². The number of anilines is 3. The van der Waals surface area contributed by atoms with Crippen molar-refractivity contribution in [2.75, 3.05) is 47.2 Å². The van der Waals surface area contributed by atoms with Crippen LogP contribution in [0.4, 0.5) is 21.6 Å². The quantitative estimate of drug-likeness (QED) is 0.494. The first-order valence-corrected chi connectivity index (χ1v) is 14.3. The van der Waals surface area contributed by atoms with E-state index in [0.717, 1.165) is 36.3 Å². The molecule has 3 heterocycles. The van der Waals surface area contributed by atoms with Gasteiger partial charge in [0.25, 0.3) is 10.0 Å². The second-order valence-electron chi connectivity index (χ2n) is 9.38. The molecule has 2 aliphatic rings. The number of halogens is 2. The zero-order chi connectivity index (χ0) is 26.9. The highest BCUT2D eigenvalue weighted by Crippen LogP contribution is 2.30. The molecule has 2 aliphatic heterocycles. The number of fused-ring (bicyclic) bond motifs is 1. The van der Waals surface area contributed by atoms with Gasteiger partial charge in [0, 0.05) is 44.1 Å². The van der Waals surface area contributed by atoms with Crippen molar-refractivity contribution in [3.63, 3.8) is 0 Å². The molecule has 0 aliphatic carbocycles. The van der Waals surface area contributed by atoms with Crippen LogP contribution in [0.5, 0.6) is 0 Å². The van der Waals surface area contributed by atoms with Crippen molar-refractivity contribution in [2.45, 2.75) is 30.7 Å². The molecular weight excluding hydrogens is 531 g/mol. The van der Waals surface area contributed by atoms with Crippen LogP contribution in [0.2, 0.25) is 5.15 Å². The molecule has 0 unspecified atom stereocenters. The SMILES string of the molecule is C[C@@H](C(=O)N1CCN(c2ccc(S(=O)(=O)Nc3cncc(Cl)n3)cc2)CC1)N1CCCc2cc(F)ccc21. The van der Waals surface area contributed by atoms with Gasteiger partial charge in [0.1, 0.15) is 17.0 Å². The van der Waals surface area contributed by atoms with Gasteiger partial charge in [-0.15, -0.1) is 0 Å². The molecule has 12 heteroatoms. The van der Waals surface area contributed by atoms with Gasteiger partial charge in [-0.2, -0.15) is 0 Å². The predicted octanol–water partition coefficient (Wildman–Crippen LogP) is 3.56. The predicted molar refractivity (Wildman–Crippen MR) is 145 cm³/mol. The summed E-state index contributed by atoms with van der Waals surface area (Å²) in [6, 6.07) is 11.0. The molecule has 1 aromatic heterocycles. The Labute approximate surface area is 226 Å². The van der Waals surface area contributed by atoms with Crippen LogP contribution in [0.1, 0.15) is 18.9 Å². The van der Waals surface area contributed by atoms with Crippen LogP contribution in [0.25, 0.3) is 0 Å². The largest absolute Gasteiger partial charge is 0.368 e. The number of piperazine rings is 1. The van der Waals surface area contributed by atoms with Crippen molar-refractivity contribution in [3.8, 4) is 0 Å². The molecule has 0 saturated carbocycles. The van der Waals surface area contributed by atoms with E-state index in [2.05, 4.69) is 24.5 Å². The molecule has 1 fully saturated rings. The summed E-state index contributed by atoms with van der Waals surface area (Å²) >= 11 is 5.79. The summed E-state index contributed by atoms with van der Waals surface area (Å²) in [6.07, 6.45) is 4.30. The van der Waals surface area contributed by atoms with Crippen LogP contribution >= 0.6 is 11.6 Å². The lowest BCUT2D eigenvalue weighted by molar-refractivity contribution is -0.132. The van der Waals surface area contributed by atoms with Crippen molar-refractivity contribution >= 4 is 44.7 Å². The highest BCUT2D eigenvalue weighted by atomic mass is 35.5. The molecule has 1 amide bonds. The van der Waals surface area contributed by atoms with Gasteiger partial charge in [-0.3, -0.25) is 14.5 Å². The number of aromatic nitrogens is 2. The van der Waals surface area contributed by atoms with E-state index >= 15 is 0 Å². The molecule has 1 saturated heterocycles. The first-order chi connectivity index (χ1) is 18.2. The Kier molecular flexibility index (Phi) is 7.40. The number of aryl methyl sites for hydroxylation is 1. The third-order valence-corrected chi connectivity index (χ3v) is 8.52. The average molecular weight is 559 g/mol. The number of nitrogens with zero attached hydrogens (tertiary/aromatic N) is 5. The van der Waals surface area contributed by atoms with E-state index in [1.807, 2.05) is 11.8 Å². The molecule has 0 bridgehead atoms. The number of benzene rings is 2. The van der Waals surface area contributed by atoms with Crippen LogP contribution in [-0.2, 0) is 21.2 Å². The van der Waals surface area contributed by atoms with E-state index in [4.69, 9.17) is 11.6 Å². The van der Waals surface area contributed by atoms with Gasteiger partial charge in [0.15, 0.2) is 5.82 Å². The number of hydrogen-bond acceptors (Lipinski definition) is 7. The maximum Gasteiger partial charge on any atom is 0.263 e. The van der Waals surface area contributed by atoms with Gasteiger partial charge < -0.3 is 14.7 Å². The molecule has 5 rings (SSSR count). The summed E-state index contributed by atoms with van der Waals surface area (Å²) < 4.78 is 41.5. The van der Waals surface area contributed by atoms with Gasteiger partial charge >= 0.3 is 0 Å². The number of carbonyl (C=O) groups excluding carboxylic acids is 1. The summed E-state index contributed by atoms with van der Waals surface area (Å²) in [5, 5.41) is 0.0868. The van der Waals surface area contributed by atoms with Crippen LogP contribution in [-0.4, -0.2) is 68.0 Å². The Balaban J connectivity index is 1.19. The Morgan fingerprint density at radius 1 is 1.05 bits per heavy atom. The van der Waals surface area contributed by atoms with Crippen molar-refractivity contribution in [1.82, 2.24) is 14.9 Å². The standard InChI is InChI=1S/C26H28ClFN6O3S/c1-18(34-10-2-3-19-15-20(28)4-9-23(19)34)26(35)33-13-11-32(12-14-33)21-5-7-22(8-6-21)38(36,37)31-25-17-29-16-24(27)30-25/h4-9,15-18H,2-3,10-14H2,1H3,(H,30,31)/t18-/m0/s1. The van der Waals surface area contributed by atoms with E-state index in [0.29, 0.717) is 26.2 Å². The molecule has 9 nitrogen and oxygen atoms in total. The second kappa shape index (κ2) is 10.7. The topological polar surface area (TPSA) is 98.7 Å². The third kappa shape index (κ3) is 5.53. The van der Waals surface area contributed by atoms with E-state index in [1.54, 1.807) is 24.3 Å². The van der Waals surface area contributed by atoms with Crippen LogP contribution in [0, 0.1) is 5.82 Å². The summed E-state index contributed by atoms with van der Waals surface area (Å²) in [5.74, 6) is -0.159. The van der Waals surface area contributed by atoms with Gasteiger partial charge in [-0.1, -0.05) is 11.6 Å². The number of rotatable bonds is 6. The zero-order valence-electron chi connectivity index (χ0n) is 20.8. The monoisotopic (exact) mass is 558 g/mol. The number of nitrogens with one attached hydrogen (secondary N) is 1. The molecule has 0 radical (unpaired) electrons. The minimum absolute atomic E-state index is 0.0387. The lowest BCUT2D eigenvalue weighted by Crippen LogP contribution is -2.55. The number of carbonyl (C=O) groups is 1. The molecule has 3 aromatic rings. The van der Waals surface area contributed by atoms with E-state index in [-0.39, 0.29) is 33.6 Å². The Hall–Kier alpha value is -3.44. The van der Waals surface area contributed by atoms with Gasteiger partial charge in [0.2, 0.25) is 5.91 Å². The number of sulfonamides is 1. The van der Waals surface area contributed by atoms with Crippen LogP contribution in [0.3, 0.4) is 0 Å².